The summed E-state index contributed by atoms with van der Waals surface area (Å²) in [6.45, 7) is 0. The highest BCUT2D eigenvalue weighted by Gasteiger charge is 2.56. The van der Waals surface area contributed by atoms with Crippen molar-refractivity contribution in [3.63, 3.8) is 0 Å². The fourth-order valence-corrected chi connectivity index (χ4v) is 2.88. The number of carbonyl (C=O) groups is 2. The molecule has 14 heavy (non-hydrogen) atoms. The smallest absolute Gasteiger partial charge is 0.309 e. The van der Waals surface area contributed by atoms with Gasteiger partial charge in [0.05, 0.1) is 11.3 Å². The van der Waals surface area contributed by atoms with Crippen LogP contribution in [0.5, 0.6) is 0 Å². The minimum absolute atomic E-state index is 0.106. The molecule has 1 unspecified atom stereocenters. The lowest BCUT2D eigenvalue weighted by atomic mass is 9.52. The molecule has 0 saturated heterocycles. The van der Waals surface area contributed by atoms with Crippen LogP contribution in [0.1, 0.15) is 32.1 Å². The molecule has 2 saturated carbocycles. The number of hydrogen-bond acceptors (Lipinski definition) is 2. The lowest BCUT2D eigenvalue weighted by Crippen LogP contribution is -2.51. The summed E-state index contributed by atoms with van der Waals surface area (Å²) in [7, 11) is 0. The normalized spacial score (nSPS) is 40.9. The van der Waals surface area contributed by atoms with Gasteiger partial charge in [0.1, 0.15) is 0 Å². The number of hydrogen-bond donors (Lipinski definition) is 2. The Labute approximate surface area is 81.9 Å². The molecule has 78 valence electrons. The van der Waals surface area contributed by atoms with E-state index in [4.69, 9.17) is 10.2 Å². The lowest BCUT2D eigenvalue weighted by molar-refractivity contribution is -0.171. The first-order valence-corrected chi connectivity index (χ1v) is 5.02. The van der Waals surface area contributed by atoms with E-state index in [-0.39, 0.29) is 11.8 Å². The van der Waals surface area contributed by atoms with E-state index in [1.54, 1.807) is 0 Å². The summed E-state index contributed by atoms with van der Waals surface area (Å²) in [5.74, 6) is -1.70. The third-order valence-corrected chi connectivity index (χ3v) is 4.00. The highest BCUT2D eigenvalue weighted by Crippen LogP contribution is 2.56. The van der Waals surface area contributed by atoms with Crippen LogP contribution in [0.3, 0.4) is 0 Å². The van der Waals surface area contributed by atoms with Crippen molar-refractivity contribution in [3.8, 4) is 0 Å². The Morgan fingerprint density at radius 1 is 1.14 bits per heavy atom. The molecule has 0 spiro atoms. The van der Waals surface area contributed by atoms with Gasteiger partial charge in [-0.2, -0.15) is 0 Å². The SMILES string of the molecule is O=C(O)C1CC[C@]2(C(=O)O)CC[C@H]2C1. The molecule has 4 nitrogen and oxygen atoms in total. The predicted octanol–water partition coefficient (Wildman–Crippen LogP) is 1.35. The van der Waals surface area contributed by atoms with Gasteiger partial charge in [-0.1, -0.05) is 0 Å². The Morgan fingerprint density at radius 2 is 1.79 bits per heavy atom. The minimum atomic E-state index is -0.768. The van der Waals surface area contributed by atoms with Crippen LogP contribution in [0.15, 0.2) is 0 Å². The van der Waals surface area contributed by atoms with E-state index in [9.17, 15) is 9.59 Å². The Balaban J connectivity index is 2.09. The number of fused-ring (bicyclic) bond motifs is 1. The number of rotatable bonds is 2. The summed E-state index contributed by atoms with van der Waals surface area (Å²) in [5.41, 5.74) is -0.564. The molecule has 2 rings (SSSR count). The van der Waals surface area contributed by atoms with Gasteiger partial charge in [-0.3, -0.25) is 9.59 Å². The van der Waals surface area contributed by atoms with Crippen LogP contribution in [0.2, 0.25) is 0 Å². The van der Waals surface area contributed by atoms with Crippen molar-refractivity contribution < 1.29 is 19.8 Å². The van der Waals surface area contributed by atoms with Crippen LogP contribution in [0.4, 0.5) is 0 Å². The van der Waals surface area contributed by atoms with Gasteiger partial charge in [-0.25, -0.2) is 0 Å². The second-order valence-electron chi connectivity index (χ2n) is 4.51. The highest BCUT2D eigenvalue weighted by molar-refractivity contribution is 5.77. The number of aliphatic carboxylic acids is 2. The Morgan fingerprint density at radius 3 is 2.14 bits per heavy atom. The van der Waals surface area contributed by atoms with E-state index >= 15 is 0 Å². The third-order valence-electron chi connectivity index (χ3n) is 4.00. The van der Waals surface area contributed by atoms with E-state index < -0.39 is 17.4 Å². The molecule has 0 aromatic carbocycles. The van der Waals surface area contributed by atoms with Gasteiger partial charge in [-0.05, 0) is 38.0 Å². The molecule has 0 heterocycles. The quantitative estimate of drug-likeness (QED) is 0.702. The van der Waals surface area contributed by atoms with E-state index in [1.165, 1.54) is 0 Å². The van der Waals surface area contributed by atoms with Crippen LogP contribution in [-0.2, 0) is 9.59 Å². The first-order valence-electron chi connectivity index (χ1n) is 5.02. The van der Waals surface area contributed by atoms with Crippen molar-refractivity contribution >= 4 is 11.9 Å². The molecule has 0 aliphatic heterocycles. The van der Waals surface area contributed by atoms with E-state index in [0.717, 1.165) is 12.8 Å². The lowest BCUT2D eigenvalue weighted by Gasteiger charge is -2.50. The topological polar surface area (TPSA) is 74.6 Å². The van der Waals surface area contributed by atoms with Crippen molar-refractivity contribution in [1.82, 2.24) is 0 Å². The summed E-state index contributed by atoms with van der Waals surface area (Å²) in [5, 5.41) is 17.9. The third kappa shape index (κ3) is 1.13. The zero-order chi connectivity index (χ0) is 10.3. The highest BCUT2D eigenvalue weighted by atomic mass is 16.4. The maximum Gasteiger partial charge on any atom is 0.309 e. The maximum atomic E-state index is 11.1. The van der Waals surface area contributed by atoms with Crippen molar-refractivity contribution in [2.45, 2.75) is 32.1 Å². The van der Waals surface area contributed by atoms with Gasteiger partial charge < -0.3 is 10.2 Å². The molecule has 0 aromatic heterocycles. The summed E-state index contributed by atoms with van der Waals surface area (Å²) >= 11 is 0. The zero-order valence-corrected chi connectivity index (χ0v) is 7.90. The molecular weight excluding hydrogens is 184 g/mol. The van der Waals surface area contributed by atoms with Gasteiger partial charge >= 0.3 is 11.9 Å². The molecule has 2 aliphatic rings. The van der Waals surface area contributed by atoms with E-state index in [0.29, 0.717) is 19.3 Å². The molecule has 0 bridgehead atoms. The van der Waals surface area contributed by atoms with E-state index in [2.05, 4.69) is 0 Å². The maximum absolute atomic E-state index is 11.1. The molecule has 2 aliphatic carbocycles. The summed E-state index contributed by atoms with van der Waals surface area (Å²) in [6, 6.07) is 0. The van der Waals surface area contributed by atoms with Crippen LogP contribution < -0.4 is 0 Å². The van der Waals surface area contributed by atoms with Crippen LogP contribution >= 0.6 is 0 Å². The molecule has 0 amide bonds. The van der Waals surface area contributed by atoms with Crippen molar-refractivity contribution in [1.29, 1.82) is 0 Å². The largest absolute Gasteiger partial charge is 0.481 e. The van der Waals surface area contributed by atoms with Gasteiger partial charge in [-0.15, -0.1) is 0 Å². The standard InChI is InChI=1S/C10H14O4/c11-8(12)6-1-3-10(9(13)14)4-2-7(10)5-6/h6-7H,1-5H2,(H,11,12)(H,13,14)/t6?,7-,10-/m0/s1. The Kier molecular flexibility index (Phi) is 2.01. The molecule has 4 heteroatoms. The average molecular weight is 198 g/mol. The van der Waals surface area contributed by atoms with Crippen LogP contribution in [0, 0.1) is 17.3 Å². The van der Waals surface area contributed by atoms with Gasteiger partial charge in [0.15, 0.2) is 0 Å². The second kappa shape index (κ2) is 2.97. The summed E-state index contributed by atoms with van der Waals surface area (Å²) in [6.07, 6.45) is 3.25. The van der Waals surface area contributed by atoms with Crippen LogP contribution in [0.25, 0.3) is 0 Å². The first-order chi connectivity index (χ1) is 6.56. The van der Waals surface area contributed by atoms with Gasteiger partial charge in [0, 0.05) is 0 Å². The monoisotopic (exact) mass is 198 g/mol. The van der Waals surface area contributed by atoms with Gasteiger partial charge in [0.25, 0.3) is 0 Å². The average Bonchev–Trinajstić information content (AvgIpc) is 2.06. The Bertz CT molecular complexity index is 286. The zero-order valence-electron chi connectivity index (χ0n) is 7.90. The van der Waals surface area contributed by atoms with Gasteiger partial charge in [0.2, 0.25) is 0 Å². The van der Waals surface area contributed by atoms with Crippen molar-refractivity contribution in [3.05, 3.63) is 0 Å². The van der Waals surface area contributed by atoms with E-state index in [1.807, 2.05) is 0 Å². The number of carboxylic acids is 2. The summed E-state index contributed by atoms with van der Waals surface area (Å²) in [4.78, 5) is 21.8. The fourth-order valence-electron chi connectivity index (χ4n) is 2.88. The van der Waals surface area contributed by atoms with Crippen LogP contribution in [-0.4, -0.2) is 22.2 Å². The minimum Gasteiger partial charge on any atom is -0.481 e. The van der Waals surface area contributed by atoms with Crippen molar-refractivity contribution in [2.75, 3.05) is 0 Å². The molecule has 0 radical (unpaired) electrons. The Hall–Kier alpha value is -1.06. The molecule has 3 atom stereocenters. The molecule has 2 fully saturated rings. The van der Waals surface area contributed by atoms with Crippen molar-refractivity contribution in [2.24, 2.45) is 17.3 Å². The second-order valence-corrected chi connectivity index (χ2v) is 4.51. The molecule has 0 aromatic rings. The molecular formula is C10H14O4. The summed E-state index contributed by atoms with van der Waals surface area (Å²) < 4.78 is 0. The predicted molar refractivity (Wildman–Crippen MR) is 47.8 cm³/mol. The fraction of sp³-hybridized carbons (Fsp3) is 0.800. The first kappa shape index (κ1) is 9.49. The number of carboxylic acid groups (broad SMARTS) is 2. The molecule has 2 N–H and O–H groups in total.